The number of amides is 2. The fraction of sp³-hybridized carbons (Fsp3) is 0.633. The van der Waals surface area contributed by atoms with E-state index in [9.17, 15) is 14.0 Å². The van der Waals surface area contributed by atoms with Crippen molar-refractivity contribution in [3.8, 4) is 0 Å². The number of benzene rings is 1. The molecule has 1 fully saturated rings. The average Bonchev–Trinajstić information content (AvgIpc) is 3.56. The highest BCUT2D eigenvalue weighted by molar-refractivity contribution is 6.00. The molecule has 4 rings (SSSR count). The van der Waals surface area contributed by atoms with Gasteiger partial charge < -0.3 is 23.8 Å². The van der Waals surface area contributed by atoms with Gasteiger partial charge in [-0.15, -0.1) is 0 Å². The third-order valence-electron chi connectivity index (χ3n) is 7.26. The average molecular weight is 571 g/mol. The summed E-state index contributed by atoms with van der Waals surface area (Å²) < 4.78 is 27.0. The van der Waals surface area contributed by atoms with Crippen molar-refractivity contribution in [2.75, 3.05) is 33.4 Å². The van der Waals surface area contributed by atoms with Crippen molar-refractivity contribution in [2.24, 2.45) is 22.0 Å². The molecule has 1 saturated heterocycles. The SMILES string of the molecule is COCCCCn1c(C(=O)N(CC(C)C)[C@H]2C[C@@H](C3=NN=CC3)CN(C(=O)OC(C)(C)C)C2)nc2cc(F)ccc21. The Balaban J connectivity index is 1.69. The molecule has 10 nitrogen and oxygen atoms in total. The molecule has 2 atom stereocenters. The molecule has 1 aromatic heterocycles. The molecule has 3 heterocycles. The lowest BCUT2D eigenvalue weighted by Crippen LogP contribution is -2.57. The summed E-state index contributed by atoms with van der Waals surface area (Å²) in [6, 6.07) is 4.14. The number of carbonyl (C=O) groups is 2. The van der Waals surface area contributed by atoms with Crippen molar-refractivity contribution in [3.63, 3.8) is 0 Å². The Morgan fingerprint density at radius 2 is 1.98 bits per heavy atom. The standard InChI is InChI=1S/C30H43FN6O4/c1-20(2)17-37(23-15-21(24-11-12-32-34-24)18-35(19-23)29(39)41-30(3,4)5)28(38)27-33-25-16-22(31)9-10-26(25)36(27)13-7-8-14-40-6/h9-10,12,16,20-21,23H,7-8,11,13-15,17-19H2,1-6H3/t21-,23+/m1/s1. The fourth-order valence-corrected chi connectivity index (χ4v) is 5.48. The van der Waals surface area contributed by atoms with Crippen LogP contribution in [0, 0.1) is 17.7 Å². The first-order valence-corrected chi connectivity index (χ1v) is 14.5. The van der Waals surface area contributed by atoms with E-state index in [2.05, 4.69) is 29.0 Å². The van der Waals surface area contributed by atoms with Gasteiger partial charge in [-0.3, -0.25) is 4.79 Å². The molecule has 0 spiro atoms. The molecular formula is C30H43FN6O4. The predicted molar refractivity (Wildman–Crippen MR) is 157 cm³/mol. The van der Waals surface area contributed by atoms with Crippen molar-refractivity contribution in [2.45, 2.75) is 78.5 Å². The third-order valence-corrected chi connectivity index (χ3v) is 7.26. The van der Waals surface area contributed by atoms with Gasteiger partial charge in [-0.25, -0.2) is 14.2 Å². The van der Waals surface area contributed by atoms with Gasteiger partial charge in [0.1, 0.15) is 11.4 Å². The molecule has 11 heteroatoms. The van der Waals surface area contributed by atoms with Crippen LogP contribution in [0.25, 0.3) is 11.0 Å². The summed E-state index contributed by atoms with van der Waals surface area (Å²) >= 11 is 0. The highest BCUT2D eigenvalue weighted by Crippen LogP contribution is 2.29. The summed E-state index contributed by atoms with van der Waals surface area (Å²) in [5.74, 6) is -0.258. The molecule has 0 N–H and O–H groups in total. The molecule has 0 saturated carbocycles. The van der Waals surface area contributed by atoms with E-state index < -0.39 is 17.5 Å². The van der Waals surface area contributed by atoms with Crippen LogP contribution >= 0.6 is 0 Å². The summed E-state index contributed by atoms with van der Waals surface area (Å²) in [6.45, 7) is 12.1. The monoisotopic (exact) mass is 570 g/mol. The minimum Gasteiger partial charge on any atom is -0.444 e. The smallest absolute Gasteiger partial charge is 0.410 e. The van der Waals surface area contributed by atoms with E-state index in [1.807, 2.05) is 30.2 Å². The Bertz CT molecular complexity index is 1300. The number of ether oxygens (including phenoxy) is 2. The first kappa shape index (κ1) is 30.6. The van der Waals surface area contributed by atoms with Crippen LogP contribution in [0.4, 0.5) is 9.18 Å². The van der Waals surface area contributed by atoms with Crippen LogP contribution in [0.3, 0.4) is 0 Å². The van der Waals surface area contributed by atoms with Crippen LogP contribution in [-0.2, 0) is 16.0 Å². The van der Waals surface area contributed by atoms with Gasteiger partial charge in [-0.1, -0.05) is 13.8 Å². The van der Waals surface area contributed by atoms with Crippen LogP contribution in [-0.4, -0.2) is 88.3 Å². The Morgan fingerprint density at radius 3 is 2.63 bits per heavy atom. The summed E-state index contributed by atoms with van der Waals surface area (Å²) in [7, 11) is 1.66. The fourth-order valence-electron chi connectivity index (χ4n) is 5.48. The van der Waals surface area contributed by atoms with Crippen LogP contribution < -0.4 is 0 Å². The number of aromatic nitrogens is 2. The quantitative estimate of drug-likeness (QED) is 0.368. The largest absolute Gasteiger partial charge is 0.444 e. The van der Waals surface area contributed by atoms with Gasteiger partial charge in [0.2, 0.25) is 0 Å². The van der Waals surface area contributed by atoms with E-state index in [0.29, 0.717) is 56.7 Å². The number of likely N-dealkylation sites (tertiary alicyclic amines) is 1. The van der Waals surface area contributed by atoms with E-state index in [1.54, 1.807) is 24.3 Å². The number of hydrogen-bond acceptors (Lipinski definition) is 7. The molecule has 2 aliphatic heterocycles. The maximum Gasteiger partial charge on any atom is 0.410 e. The second-order valence-electron chi connectivity index (χ2n) is 12.3. The van der Waals surface area contributed by atoms with E-state index >= 15 is 0 Å². The van der Waals surface area contributed by atoms with Crippen LogP contribution in [0.2, 0.25) is 0 Å². The first-order chi connectivity index (χ1) is 19.5. The maximum atomic E-state index is 14.4. The molecular weight excluding hydrogens is 527 g/mol. The number of halogens is 1. The molecule has 1 aromatic carbocycles. The first-order valence-electron chi connectivity index (χ1n) is 14.5. The van der Waals surface area contributed by atoms with Crippen LogP contribution in [0.1, 0.15) is 70.9 Å². The Labute approximate surface area is 241 Å². The number of methoxy groups -OCH3 is 1. The Kier molecular flexibility index (Phi) is 9.78. The number of fused-ring (bicyclic) bond motifs is 1. The van der Waals surface area contributed by atoms with E-state index in [1.165, 1.54) is 12.1 Å². The summed E-state index contributed by atoms with van der Waals surface area (Å²) in [5, 5.41) is 8.38. The van der Waals surface area contributed by atoms with E-state index in [-0.39, 0.29) is 29.6 Å². The maximum absolute atomic E-state index is 14.4. The predicted octanol–water partition coefficient (Wildman–Crippen LogP) is 5.16. The van der Waals surface area contributed by atoms with Crippen molar-refractivity contribution >= 4 is 35.0 Å². The number of rotatable bonds is 10. The van der Waals surface area contributed by atoms with Crippen molar-refractivity contribution in [1.29, 1.82) is 0 Å². The molecule has 0 bridgehead atoms. The van der Waals surface area contributed by atoms with Crippen LogP contribution in [0.15, 0.2) is 28.4 Å². The van der Waals surface area contributed by atoms with Crippen molar-refractivity contribution in [1.82, 2.24) is 19.4 Å². The lowest BCUT2D eigenvalue weighted by molar-refractivity contribution is 0.00539. The van der Waals surface area contributed by atoms with Gasteiger partial charge in [0.05, 0.1) is 22.8 Å². The zero-order valence-corrected chi connectivity index (χ0v) is 25.1. The molecule has 0 aliphatic carbocycles. The molecule has 224 valence electrons. The van der Waals surface area contributed by atoms with Crippen LogP contribution in [0.5, 0.6) is 0 Å². The minimum atomic E-state index is -0.649. The molecule has 2 aliphatic rings. The molecule has 41 heavy (non-hydrogen) atoms. The normalized spacial score (nSPS) is 19.2. The molecule has 0 radical (unpaired) electrons. The van der Waals surface area contributed by atoms with E-state index in [4.69, 9.17) is 9.47 Å². The zero-order chi connectivity index (χ0) is 29.7. The molecule has 2 aromatic rings. The summed E-state index contributed by atoms with van der Waals surface area (Å²) in [6.07, 6.45) is 4.21. The molecule has 2 amide bonds. The van der Waals surface area contributed by atoms with Gasteiger partial charge in [0, 0.05) is 64.5 Å². The van der Waals surface area contributed by atoms with Crippen molar-refractivity contribution in [3.05, 3.63) is 29.8 Å². The highest BCUT2D eigenvalue weighted by Gasteiger charge is 2.40. The number of hydrogen-bond donors (Lipinski definition) is 0. The van der Waals surface area contributed by atoms with Gasteiger partial charge in [0.25, 0.3) is 5.91 Å². The lowest BCUT2D eigenvalue weighted by Gasteiger charge is -2.43. The summed E-state index contributed by atoms with van der Waals surface area (Å²) in [5.41, 5.74) is 1.41. The third kappa shape index (κ3) is 7.69. The highest BCUT2D eigenvalue weighted by atomic mass is 19.1. The topological polar surface area (TPSA) is 102 Å². The lowest BCUT2D eigenvalue weighted by atomic mass is 9.88. The van der Waals surface area contributed by atoms with Gasteiger partial charge in [-0.05, 0) is 58.1 Å². The minimum absolute atomic E-state index is 0.0619. The Morgan fingerprint density at radius 1 is 1.20 bits per heavy atom. The molecule has 0 unspecified atom stereocenters. The number of unbranched alkanes of at least 4 members (excludes halogenated alkanes) is 1. The summed E-state index contributed by atoms with van der Waals surface area (Å²) in [4.78, 5) is 35.8. The number of carbonyl (C=O) groups excluding carboxylic acids is 2. The Hall–Kier alpha value is -3.34. The zero-order valence-electron chi connectivity index (χ0n) is 25.1. The van der Waals surface area contributed by atoms with Gasteiger partial charge in [0.15, 0.2) is 5.82 Å². The van der Waals surface area contributed by atoms with Gasteiger partial charge >= 0.3 is 6.09 Å². The number of nitrogens with zero attached hydrogens (tertiary/aromatic N) is 6. The number of aryl methyl sites for hydroxylation is 1. The number of piperidine rings is 1. The second kappa shape index (κ2) is 13.1. The van der Waals surface area contributed by atoms with E-state index in [0.717, 1.165) is 18.6 Å². The van der Waals surface area contributed by atoms with Gasteiger partial charge in [-0.2, -0.15) is 10.2 Å². The van der Waals surface area contributed by atoms with Crippen molar-refractivity contribution < 1.29 is 23.5 Å². The second-order valence-corrected chi connectivity index (χ2v) is 12.3. The number of imidazole rings is 1.